The highest BCUT2D eigenvalue weighted by molar-refractivity contribution is 5.85. The summed E-state index contributed by atoms with van der Waals surface area (Å²) in [5.41, 5.74) is 1.07. The number of hydrogen-bond donors (Lipinski definition) is 2. The summed E-state index contributed by atoms with van der Waals surface area (Å²) in [4.78, 5) is 14.4. The van der Waals surface area contributed by atoms with Gasteiger partial charge in [-0.3, -0.25) is 4.98 Å². The molecule has 0 aliphatic rings. The highest BCUT2D eigenvalue weighted by atomic mass is 16.4. The third kappa shape index (κ3) is 4.23. The van der Waals surface area contributed by atoms with Crippen LogP contribution in [-0.2, 0) is 11.2 Å². The summed E-state index contributed by atoms with van der Waals surface area (Å²) in [5.74, 6) is -1.01. The number of nitrogens with zero attached hydrogens (tertiary/aromatic N) is 1. The van der Waals surface area contributed by atoms with Crippen molar-refractivity contribution in [3.63, 3.8) is 0 Å². The predicted octanol–water partition coefficient (Wildman–Crippen LogP) is 1.41. The van der Waals surface area contributed by atoms with Gasteiger partial charge in [-0.1, -0.05) is 12.6 Å². The molecule has 4 heteroatoms. The monoisotopic (exact) mass is 221 g/mol. The minimum atomic E-state index is -1.01. The van der Waals surface area contributed by atoms with E-state index in [0.29, 0.717) is 19.3 Å². The van der Waals surface area contributed by atoms with Crippen molar-refractivity contribution in [3.8, 4) is 0 Å². The molecule has 16 heavy (non-hydrogen) atoms. The van der Waals surface area contributed by atoms with Crippen molar-refractivity contribution in [2.75, 3.05) is 0 Å². The second-order valence-electron chi connectivity index (χ2n) is 3.67. The van der Waals surface area contributed by atoms with Crippen LogP contribution in [0.4, 0.5) is 0 Å². The van der Waals surface area contributed by atoms with Crippen LogP contribution in [0.3, 0.4) is 0 Å². The van der Waals surface area contributed by atoms with E-state index in [1.54, 1.807) is 18.5 Å². The Morgan fingerprint density at radius 1 is 1.56 bits per heavy atom. The molecule has 0 saturated carbocycles. The van der Waals surface area contributed by atoms with E-state index >= 15 is 0 Å². The number of rotatable bonds is 6. The zero-order valence-corrected chi connectivity index (χ0v) is 8.97. The second-order valence-corrected chi connectivity index (χ2v) is 3.67. The number of carboxylic acid groups (broad SMARTS) is 1. The van der Waals surface area contributed by atoms with Gasteiger partial charge in [-0.05, 0) is 30.9 Å². The van der Waals surface area contributed by atoms with Gasteiger partial charge in [0.2, 0.25) is 0 Å². The molecule has 4 nitrogen and oxygen atoms in total. The Balaban J connectivity index is 2.34. The summed E-state index contributed by atoms with van der Waals surface area (Å²) in [6.07, 6.45) is 4.00. The minimum absolute atomic E-state index is 0.130. The van der Waals surface area contributed by atoms with Crippen molar-refractivity contribution in [1.82, 2.24) is 4.98 Å². The predicted molar refractivity (Wildman–Crippen MR) is 60.0 cm³/mol. The first-order valence-electron chi connectivity index (χ1n) is 5.07. The number of aliphatic hydroxyl groups is 1. The number of aromatic nitrogens is 1. The lowest BCUT2D eigenvalue weighted by Crippen LogP contribution is -2.12. The molecule has 86 valence electrons. The average molecular weight is 221 g/mol. The van der Waals surface area contributed by atoms with Gasteiger partial charge >= 0.3 is 5.97 Å². The van der Waals surface area contributed by atoms with Gasteiger partial charge in [-0.25, -0.2) is 4.79 Å². The molecular weight excluding hydrogens is 206 g/mol. The van der Waals surface area contributed by atoms with Gasteiger partial charge in [0, 0.05) is 18.0 Å². The van der Waals surface area contributed by atoms with Crippen LogP contribution in [0.25, 0.3) is 0 Å². The Morgan fingerprint density at radius 3 is 2.88 bits per heavy atom. The molecule has 1 heterocycles. The summed E-state index contributed by atoms with van der Waals surface area (Å²) in [6, 6.07) is 3.68. The smallest absolute Gasteiger partial charge is 0.330 e. The highest BCUT2D eigenvalue weighted by Gasteiger charge is 2.09. The molecule has 1 aromatic rings. The van der Waals surface area contributed by atoms with Crippen LogP contribution in [-0.4, -0.2) is 27.3 Å². The van der Waals surface area contributed by atoms with Crippen LogP contribution in [0.2, 0.25) is 0 Å². The van der Waals surface area contributed by atoms with Crippen molar-refractivity contribution >= 4 is 5.97 Å². The molecule has 0 amide bonds. The van der Waals surface area contributed by atoms with E-state index in [0.717, 1.165) is 5.56 Å². The summed E-state index contributed by atoms with van der Waals surface area (Å²) < 4.78 is 0. The van der Waals surface area contributed by atoms with Crippen LogP contribution in [0, 0.1) is 0 Å². The van der Waals surface area contributed by atoms with E-state index in [1.807, 2.05) is 6.07 Å². The fourth-order valence-corrected chi connectivity index (χ4v) is 1.34. The Hall–Kier alpha value is -1.68. The molecule has 1 aromatic heterocycles. The van der Waals surface area contributed by atoms with Gasteiger partial charge in [0.1, 0.15) is 0 Å². The van der Waals surface area contributed by atoms with Crippen molar-refractivity contribution < 1.29 is 15.0 Å². The van der Waals surface area contributed by atoms with Crippen LogP contribution >= 0.6 is 0 Å². The van der Waals surface area contributed by atoms with Crippen LogP contribution < -0.4 is 0 Å². The molecule has 0 saturated heterocycles. The fraction of sp³-hybridized carbons (Fsp3) is 0.333. The maximum Gasteiger partial charge on any atom is 0.330 e. The quantitative estimate of drug-likeness (QED) is 0.712. The fourth-order valence-electron chi connectivity index (χ4n) is 1.34. The molecule has 2 N–H and O–H groups in total. The van der Waals surface area contributed by atoms with E-state index in [9.17, 15) is 9.90 Å². The Kier molecular flexibility index (Phi) is 4.66. The lowest BCUT2D eigenvalue weighted by Gasteiger charge is -2.09. The molecule has 0 aliphatic carbocycles. The van der Waals surface area contributed by atoms with Crippen LogP contribution in [0.15, 0.2) is 36.7 Å². The molecule has 0 fully saturated rings. The Bertz CT molecular complexity index is 362. The van der Waals surface area contributed by atoms with E-state index in [1.165, 1.54) is 0 Å². The third-order valence-corrected chi connectivity index (χ3v) is 2.28. The van der Waals surface area contributed by atoms with Gasteiger partial charge in [-0.15, -0.1) is 0 Å². The first kappa shape index (κ1) is 12.4. The maximum atomic E-state index is 10.5. The molecule has 0 aromatic carbocycles. The normalized spacial score (nSPS) is 12.1. The first-order chi connectivity index (χ1) is 7.59. The minimum Gasteiger partial charge on any atom is -0.478 e. The number of carboxylic acids is 1. The first-order valence-corrected chi connectivity index (χ1v) is 5.07. The standard InChI is InChI=1S/C12H15NO3/c1-9(12(15)16)4-5-11(14)7-10-3-2-6-13-8-10/h2-3,6,8,11,14H,1,4-5,7H2,(H,15,16). The Labute approximate surface area is 94.3 Å². The van der Waals surface area contributed by atoms with E-state index in [4.69, 9.17) is 5.11 Å². The van der Waals surface area contributed by atoms with Crippen molar-refractivity contribution in [1.29, 1.82) is 0 Å². The van der Waals surface area contributed by atoms with Crippen molar-refractivity contribution in [3.05, 3.63) is 42.2 Å². The van der Waals surface area contributed by atoms with Crippen molar-refractivity contribution in [2.45, 2.75) is 25.4 Å². The van der Waals surface area contributed by atoms with Gasteiger partial charge in [-0.2, -0.15) is 0 Å². The average Bonchev–Trinajstić information content (AvgIpc) is 2.27. The number of aliphatic hydroxyl groups excluding tert-OH is 1. The molecule has 1 rings (SSSR count). The summed E-state index contributed by atoms with van der Waals surface area (Å²) in [6.45, 7) is 3.41. The molecule has 0 aliphatic heterocycles. The summed E-state index contributed by atoms with van der Waals surface area (Å²) in [5, 5.41) is 18.3. The summed E-state index contributed by atoms with van der Waals surface area (Å²) in [7, 11) is 0. The number of carbonyl (C=O) groups is 1. The maximum absolute atomic E-state index is 10.5. The van der Waals surface area contributed by atoms with Gasteiger partial charge < -0.3 is 10.2 Å². The Morgan fingerprint density at radius 2 is 2.31 bits per heavy atom. The molecule has 0 spiro atoms. The SMILES string of the molecule is C=C(CCC(O)Cc1cccnc1)C(=O)O. The van der Waals surface area contributed by atoms with Gasteiger partial charge in [0.05, 0.1) is 6.10 Å². The lowest BCUT2D eigenvalue weighted by atomic mass is 10.0. The van der Waals surface area contributed by atoms with E-state index in [2.05, 4.69) is 11.6 Å². The largest absolute Gasteiger partial charge is 0.478 e. The van der Waals surface area contributed by atoms with Gasteiger partial charge in [0.25, 0.3) is 0 Å². The molecule has 1 atom stereocenters. The van der Waals surface area contributed by atoms with E-state index < -0.39 is 12.1 Å². The third-order valence-electron chi connectivity index (χ3n) is 2.28. The molecule has 1 unspecified atom stereocenters. The molecule has 0 bridgehead atoms. The zero-order chi connectivity index (χ0) is 12.0. The summed E-state index contributed by atoms with van der Waals surface area (Å²) >= 11 is 0. The zero-order valence-electron chi connectivity index (χ0n) is 8.97. The number of pyridine rings is 1. The van der Waals surface area contributed by atoms with Crippen LogP contribution in [0.5, 0.6) is 0 Å². The van der Waals surface area contributed by atoms with Crippen LogP contribution in [0.1, 0.15) is 18.4 Å². The van der Waals surface area contributed by atoms with Crippen molar-refractivity contribution in [2.24, 2.45) is 0 Å². The van der Waals surface area contributed by atoms with Gasteiger partial charge in [0.15, 0.2) is 0 Å². The molecule has 0 radical (unpaired) electrons. The highest BCUT2D eigenvalue weighted by Crippen LogP contribution is 2.10. The molecular formula is C12H15NO3. The number of aliphatic carboxylic acids is 1. The number of hydrogen-bond acceptors (Lipinski definition) is 3. The topological polar surface area (TPSA) is 70.4 Å². The van der Waals surface area contributed by atoms with E-state index in [-0.39, 0.29) is 5.57 Å². The lowest BCUT2D eigenvalue weighted by molar-refractivity contribution is -0.132. The second kappa shape index (κ2) is 6.02.